The Morgan fingerprint density at radius 2 is 1.26 bits per heavy atom. The lowest BCUT2D eigenvalue weighted by Crippen LogP contribution is -2.38. The van der Waals surface area contributed by atoms with Crippen molar-refractivity contribution in [3.05, 3.63) is 125 Å². The summed E-state index contributed by atoms with van der Waals surface area (Å²) in [5.74, 6) is 0. The zero-order chi connectivity index (χ0) is 25.8. The molecule has 0 bridgehead atoms. The largest absolute Gasteiger partial charge is 0.309 e. The van der Waals surface area contributed by atoms with Gasteiger partial charge in [-0.2, -0.15) is 0 Å². The van der Waals surface area contributed by atoms with E-state index >= 15 is 0 Å². The van der Waals surface area contributed by atoms with Crippen molar-refractivity contribution in [2.24, 2.45) is 0 Å². The second-order valence-electron chi connectivity index (χ2n) is 11.8. The summed E-state index contributed by atoms with van der Waals surface area (Å²) in [6.45, 7) is 9.68. The molecule has 6 aromatic rings. The van der Waals surface area contributed by atoms with E-state index in [1.165, 1.54) is 70.6 Å². The van der Waals surface area contributed by atoms with Gasteiger partial charge in [0.1, 0.15) is 0 Å². The van der Waals surface area contributed by atoms with Crippen molar-refractivity contribution < 1.29 is 0 Å². The van der Waals surface area contributed by atoms with Crippen LogP contribution in [-0.4, -0.2) is 0 Å². The van der Waals surface area contributed by atoms with Gasteiger partial charge >= 0.3 is 0 Å². The van der Waals surface area contributed by atoms with Crippen molar-refractivity contribution in [2.45, 2.75) is 38.5 Å². The first-order valence-corrected chi connectivity index (χ1v) is 14.3. The van der Waals surface area contributed by atoms with E-state index in [2.05, 4.69) is 136 Å². The summed E-state index contributed by atoms with van der Waals surface area (Å²) in [6, 6.07) is 38.3. The van der Waals surface area contributed by atoms with E-state index in [0.29, 0.717) is 0 Å². The number of thiophene rings is 1. The molecule has 0 unspecified atom stereocenters. The highest BCUT2D eigenvalue weighted by Gasteiger charge is 2.46. The minimum absolute atomic E-state index is 0.116. The summed E-state index contributed by atoms with van der Waals surface area (Å²) in [5, 5.41) is 2.76. The molecule has 0 spiro atoms. The zero-order valence-electron chi connectivity index (χ0n) is 22.2. The molecule has 0 fully saturated rings. The fourth-order valence-corrected chi connectivity index (χ4v) is 8.41. The molecule has 3 heterocycles. The lowest BCUT2D eigenvalue weighted by molar-refractivity contribution is 0.603. The van der Waals surface area contributed by atoms with E-state index in [4.69, 9.17) is 0 Å². The Morgan fingerprint density at radius 3 is 2.11 bits per heavy atom. The molecular formula is C36H29NS. The summed E-state index contributed by atoms with van der Waals surface area (Å²) < 4.78 is 2.79. The Bertz CT molecular complexity index is 1920. The number of anilines is 3. The monoisotopic (exact) mass is 507 g/mol. The van der Waals surface area contributed by atoms with E-state index in [-0.39, 0.29) is 10.8 Å². The van der Waals surface area contributed by atoms with Crippen LogP contribution in [0.4, 0.5) is 17.1 Å². The minimum Gasteiger partial charge on any atom is -0.309 e. The average Bonchev–Trinajstić information content (AvgIpc) is 3.31. The topological polar surface area (TPSA) is 3.24 Å². The van der Waals surface area contributed by atoms with Gasteiger partial charge in [0, 0.05) is 36.6 Å². The Balaban J connectivity index is 1.54. The number of fused-ring (bicyclic) bond motifs is 8. The lowest BCUT2D eigenvalue weighted by Gasteiger charge is -2.49. The number of nitrogens with zero attached hydrogens (tertiary/aromatic N) is 1. The van der Waals surface area contributed by atoms with Gasteiger partial charge in [-0.25, -0.2) is 0 Å². The maximum absolute atomic E-state index is 2.57. The van der Waals surface area contributed by atoms with Gasteiger partial charge in [-0.3, -0.25) is 0 Å². The molecule has 2 aliphatic rings. The van der Waals surface area contributed by atoms with Crippen LogP contribution in [0.25, 0.3) is 31.3 Å². The third-order valence-electron chi connectivity index (χ3n) is 9.00. The molecule has 2 heteroatoms. The quantitative estimate of drug-likeness (QED) is 0.214. The van der Waals surface area contributed by atoms with Crippen LogP contribution in [0.5, 0.6) is 0 Å². The molecule has 0 radical (unpaired) electrons. The van der Waals surface area contributed by atoms with Crippen LogP contribution in [0, 0.1) is 0 Å². The third-order valence-corrected chi connectivity index (χ3v) is 10.2. The van der Waals surface area contributed by atoms with Gasteiger partial charge in [-0.1, -0.05) is 100 Å². The molecule has 5 aromatic carbocycles. The van der Waals surface area contributed by atoms with Crippen molar-refractivity contribution in [1.29, 1.82) is 0 Å². The first kappa shape index (κ1) is 22.1. The van der Waals surface area contributed by atoms with Gasteiger partial charge in [0.15, 0.2) is 0 Å². The second kappa shape index (κ2) is 7.36. The summed E-state index contributed by atoms with van der Waals surface area (Å²) >= 11 is 1.95. The highest BCUT2D eigenvalue weighted by molar-refractivity contribution is 7.26. The van der Waals surface area contributed by atoms with Gasteiger partial charge in [-0.05, 0) is 58.1 Å². The van der Waals surface area contributed by atoms with E-state index in [0.717, 1.165) is 0 Å². The molecule has 1 aromatic heterocycles. The van der Waals surface area contributed by atoms with Crippen molar-refractivity contribution in [3.63, 3.8) is 0 Å². The Hall–Kier alpha value is -3.88. The van der Waals surface area contributed by atoms with Gasteiger partial charge in [0.05, 0.1) is 17.1 Å². The Morgan fingerprint density at radius 1 is 0.553 bits per heavy atom. The normalized spacial score (nSPS) is 16.3. The van der Waals surface area contributed by atoms with E-state index < -0.39 is 0 Å². The van der Waals surface area contributed by atoms with Crippen molar-refractivity contribution >= 4 is 48.6 Å². The van der Waals surface area contributed by atoms with Crippen molar-refractivity contribution in [1.82, 2.24) is 0 Å². The predicted molar refractivity (Wildman–Crippen MR) is 164 cm³/mol. The highest BCUT2D eigenvalue weighted by atomic mass is 32.1. The van der Waals surface area contributed by atoms with Gasteiger partial charge in [-0.15, -0.1) is 11.3 Å². The molecule has 2 aliphatic heterocycles. The van der Waals surface area contributed by atoms with E-state index in [1.807, 2.05) is 11.3 Å². The molecule has 0 atom stereocenters. The predicted octanol–water partition coefficient (Wildman–Crippen LogP) is 10.5. The average molecular weight is 508 g/mol. The zero-order valence-corrected chi connectivity index (χ0v) is 23.0. The summed E-state index contributed by atoms with van der Waals surface area (Å²) in [7, 11) is 0. The number of hydrogen-bond acceptors (Lipinski definition) is 2. The number of hydrogen-bond donors (Lipinski definition) is 0. The fraction of sp³-hybridized carbons (Fsp3) is 0.167. The highest BCUT2D eigenvalue weighted by Crippen LogP contribution is 2.62. The Labute approximate surface area is 228 Å². The lowest BCUT2D eigenvalue weighted by atomic mass is 9.66. The van der Waals surface area contributed by atoms with Gasteiger partial charge in [0.2, 0.25) is 0 Å². The first-order valence-electron chi connectivity index (χ1n) is 13.5. The van der Waals surface area contributed by atoms with E-state index in [9.17, 15) is 0 Å². The summed E-state index contributed by atoms with van der Waals surface area (Å²) in [5.41, 5.74) is 11.9. The summed E-state index contributed by atoms with van der Waals surface area (Å²) in [6.07, 6.45) is 0. The number of para-hydroxylation sites is 1. The molecule has 0 saturated carbocycles. The fourth-order valence-electron chi connectivity index (χ4n) is 7.03. The standard InChI is InChI=1S/C36H29NS/c1-35(2)27-20-23(22-12-6-5-7-13-22)18-19-30(27)37-29-16-10-9-15-26(29)36(3,4)32-33(37)28(35)21-25-24-14-8-11-17-31(24)38-34(25)32/h5-21H,1-4H3. The second-order valence-corrected chi connectivity index (χ2v) is 12.9. The molecule has 0 saturated heterocycles. The molecule has 0 amide bonds. The van der Waals surface area contributed by atoms with Crippen LogP contribution in [-0.2, 0) is 10.8 Å². The molecule has 8 rings (SSSR count). The maximum atomic E-state index is 2.57. The molecule has 1 nitrogen and oxygen atoms in total. The number of benzene rings is 5. The summed E-state index contributed by atoms with van der Waals surface area (Å²) in [4.78, 5) is 2.57. The Kier molecular flexibility index (Phi) is 4.29. The van der Waals surface area contributed by atoms with Crippen LogP contribution in [0.2, 0.25) is 0 Å². The van der Waals surface area contributed by atoms with Crippen molar-refractivity contribution in [2.75, 3.05) is 4.90 Å². The van der Waals surface area contributed by atoms with Gasteiger partial charge in [0.25, 0.3) is 0 Å². The van der Waals surface area contributed by atoms with Crippen LogP contribution in [0.15, 0.2) is 103 Å². The minimum atomic E-state index is -0.152. The molecule has 0 N–H and O–H groups in total. The van der Waals surface area contributed by atoms with Crippen molar-refractivity contribution in [3.8, 4) is 11.1 Å². The first-order chi connectivity index (χ1) is 18.4. The molecule has 38 heavy (non-hydrogen) atoms. The SMILES string of the molecule is CC1(C)c2cc(-c3ccccc3)ccc2N2c3ccccc3C(C)(C)c3c2c1cc1c3sc2ccccc21. The van der Waals surface area contributed by atoms with Crippen LogP contribution >= 0.6 is 11.3 Å². The molecular weight excluding hydrogens is 478 g/mol. The van der Waals surface area contributed by atoms with Crippen LogP contribution < -0.4 is 4.90 Å². The smallest absolute Gasteiger partial charge is 0.0558 e. The molecule has 0 aliphatic carbocycles. The van der Waals surface area contributed by atoms with E-state index in [1.54, 1.807) is 0 Å². The maximum Gasteiger partial charge on any atom is 0.0558 e. The third kappa shape index (κ3) is 2.71. The van der Waals surface area contributed by atoms with Gasteiger partial charge < -0.3 is 4.90 Å². The molecule has 184 valence electrons. The number of rotatable bonds is 1. The van der Waals surface area contributed by atoms with Crippen LogP contribution in [0.1, 0.15) is 49.9 Å². The van der Waals surface area contributed by atoms with Crippen LogP contribution in [0.3, 0.4) is 0 Å².